The molecule has 0 spiro atoms. The van der Waals surface area contributed by atoms with Gasteiger partial charge in [0.05, 0.1) is 0 Å². The maximum atomic E-state index is 13.1. The van der Waals surface area contributed by atoms with Crippen LogP contribution in [-0.2, 0) is 13.6 Å². The Hall–Kier alpha value is -2.25. The number of rotatable bonds is 4. The number of nitrogens with zero attached hydrogens (tertiary/aromatic N) is 5. The highest BCUT2D eigenvalue weighted by Crippen LogP contribution is 2.22. The topological polar surface area (TPSA) is 44.6 Å². The third kappa shape index (κ3) is 3.50. The first kappa shape index (κ1) is 17.2. The van der Waals surface area contributed by atoms with Crippen molar-refractivity contribution in [3.05, 3.63) is 58.5 Å². The summed E-state index contributed by atoms with van der Waals surface area (Å²) in [6.45, 7) is 6.87. The number of piperazine rings is 1. The van der Waals surface area contributed by atoms with E-state index in [0.717, 1.165) is 57.2 Å². The van der Waals surface area contributed by atoms with E-state index in [1.165, 1.54) is 12.1 Å². The van der Waals surface area contributed by atoms with Crippen LogP contribution in [0.25, 0.3) is 0 Å². The largest absolute Gasteiger partial charge is 0.369 e. The summed E-state index contributed by atoms with van der Waals surface area (Å²) >= 11 is 0. The van der Waals surface area contributed by atoms with Crippen LogP contribution in [0.3, 0.4) is 0 Å². The molecule has 3 heterocycles. The second-order valence-electron chi connectivity index (χ2n) is 7.13. The van der Waals surface area contributed by atoms with Crippen LogP contribution >= 0.6 is 0 Å². The van der Waals surface area contributed by atoms with E-state index in [-0.39, 0.29) is 11.5 Å². The van der Waals surface area contributed by atoms with Crippen molar-refractivity contribution in [2.24, 2.45) is 7.05 Å². The molecule has 2 aliphatic heterocycles. The summed E-state index contributed by atoms with van der Waals surface area (Å²) in [5.74, 6) is -0.186. The Kier molecular flexibility index (Phi) is 4.74. The molecule has 26 heavy (non-hydrogen) atoms. The van der Waals surface area contributed by atoms with Gasteiger partial charge in [0.2, 0.25) is 0 Å². The van der Waals surface area contributed by atoms with Crippen molar-refractivity contribution in [3.8, 4) is 0 Å². The summed E-state index contributed by atoms with van der Waals surface area (Å²) in [5.41, 5.74) is 1.90. The highest BCUT2D eigenvalue weighted by molar-refractivity contribution is 5.46. The molecule has 4 rings (SSSR count). The van der Waals surface area contributed by atoms with E-state index >= 15 is 0 Å². The van der Waals surface area contributed by atoms with Crippen molar-refractivity contribution >= 4 is 5.69 Å². The fourth-order valence-electron chi connectivity index (χ4n) is 3.80. The van der Waals surface area contributed by atoms with Crippen molar-refractivity contribution in [2.75, 3.05) is 44.2 Å². The van der Waals surface area contributed by atoms with Crippen molar-refractivity contribution in [1.29, 1.82) is 0 Å². The summed E-state index contributed by atoms with van der Waals surface area (Å²) in [5, 5.41) is 0. The summed E-state index contributed by atoms with van der Waals surface area (Å²) in [6.07, 6.45) is 1.59. The number of halogens is 1. The first-order valence-corrected chi connectivity index (χ1v) is 9.08. The number of hydrogen-bond acceptors (Lipinski definition) is 5. The molecular weight excluding hydrogens is 333 g/mol. The van der Waals surface area contributed by atoms with Crippen LogP contribution in [0.15, 0.2) is 41.3 Å². The van der Waals surface area contributed by atoms with Crippen LogP contribution in [0.4, 0.5) is 10.1 Å². The SMILES string of the molecule is Cn1c(CN2CC(N3CCN(c4ccc(F)cc4)CC3)C2)ccnc1=O. The minimum atomic E-state index is -0.198. The van der Waals surface area contributed by atoms with Crippen LogP contribution in [0.5, 0.6) is 0 Å². The van der Waals surface area contributed by atoms with Gasteiger partial charge in [-0.05, 0) is 30.3 Å². The molecule has 0 radical (unpaired) electrons. The lowest BCUT2D eigenvalue weighted by molar-refractivity contribution is 0.0242. The third-order valence-corrected chi connectivity index (χ3v) is 5.52. The van der Waals surface area contributed by atoms with Gasteiger partial charge >= 0.3 is 5.69 Å². The summed E-state index contributed by atoms with van der Waals surface area (Å²) in [4.78, 5) is 22.6. The zero-order valence-electron chi connectivity index (χ0n) is 15.0. The van der Waals surface area contributed by atoms with Crippen molar-refractivity contribution in [2.45, 2.75) is 12.6 Å². The second kappa shape index (κ2) is 7.17. The fourth-order valence-corrected chi connectivity index (χ4v) is 3.80. The molecule has 138 valence electrons. The average Bonchev–Trinajstić information content (AvgIpc) is 2.62. The van der Waals surface area contributed by atoms with Crippen LogP contribution in [0.1, 0.15) is 5.69 Å². The van der Waals surface area contributed by atoms with Gasteiger partial charge in [0, 0.05) is 76.5 Å². The monoisotopic (exact) mass is 357 g/mol. The lowest BCUT2D eigenvalue weighted by Gasteiger charge is -2.48. The molecule has 2 aliphatic rings. The maximum Gasteiger partial charge on any atom is 0.347 e. The Morgan fingerprint density at radius 3 is 2.46 bits per heavy atom. The minimum absolute atomic E-state index is 0.186. The predicted molar refractivity (Wildman–Crippen MR) is 98.7 cm³/mol. The lowest BCUT2D eigenvalue weighted by atomic mass is 10.1. The van der Waals surface area contributed by atoms with Gasteiger partial charge in [-0.3, -0.25) is 14.4 Å². The molecule has 0 atom stereocenters. The molecule has 0 bridgehead atoms. The summed E-state index contributed by atoms with van der Waals surface area (Å²) in [7, 11) is 1.77. The van der Waals surface area contributed by atoms with Crippen LogP contribution in [-0.4, -0.2) is 64.7 Å². The summed E-state index contributed by atoms with van der Waals surface area (Å²) in [6, 6.07) is 9.26. The van der Waals surface area contributed by atoms with E-state index in [2.05, 4.69) is 19.7 Å². The Morgan fingerprint density at radius 1 is 1.08 bits per heavy atom. The molecule has 2 fully saturated rings. The van der Waals surface area contributed by atoms with Gasteiger partial charge in [-0.1, -0.05) is 0 Å². The minimum Gasteiger partial charge on any atom is -0.369 e. The third-order valence-electron chi connectivity index (χ3n) is 5.52. The van der Waals surface area contributed by atoms with Crippen LogP contribution in [0, 0.1) is 5.82 Å². The van der Waals surface area contributed by atoms with Crippen molar-refractivity contribution in [3.63, 3.8) is 0 Å². The molecule has 2 aromatic rings. The zero-order valence-corrected chi connectivity index (χ0v) is 15.0. The van der Waals surface area contributed by atoms with Crippen molar-refractivity contribution < 1.29 is 4.39 Å². The van der Waals surface area contributed by atoms with Crippen LogP contribution < -0.4 is 10.6 Å². The Morgan fingerprint density at radius 2 is 1.77 bits per heavy atom. The molecule has 2 saturated heterocycles. The zero-order chi connectivity index (χ0) is 18.1. The normalized spacial score (nSPS) is 19.5. The van der Waals surface area contributed by atoms with Gasteiger partial charge in [0.25, 0.3) is 0 Å². The van der Waals surface area contributed by atoms with Gasteiger partial charge in [0.1, 0.15) is 5.82 Å². The number of hydrogen-bond donors (Lipinski definition) is 0. The molecular formula is C19H24FN5O. The number of benzene rings is 1. The molecule has 0 aliphatic carbocycles. The van der Waals surface area contributed by atoms with E-state index in [9.17, 15) is 9.18 Å². The molecule has 7 heteroatoms. The van der Waals surface area contributed by atoms with E-state index in [1.54, 1.807) is 17.8 Å². The first-order valence-electron chi connectivity index (χ1n) is 9.08. The summed E-state index contributed by atoms with van der Waals surface area (Å²) < 4.78 is 14.7. The molecule has 1 aromatic carbocycles. The highest BCUT2D eigenvalue weighted by Gasteiger charge is 2.33. The molecule has 0 N–H and O–H groups in total. The second-order valence-corrected chi connectivity index (χ2v) is 7.13. The molecule has 6 nitrogen and oxygen atoms in total. The van der Waals surface area contributed by atoms with Gasteiger partial charge in [-0.25, -0.2) is 14.2 Å². The smallest absolute Gasteiger partial charge is 0.347 e. The van der Waals surface area contributed by atoms with Gasteiger partial charge < -0.3 is 4.90 Å². The van der Waals surface area contributed by atoms with Gasteiger partial charge in [-0.15, -0.1) is 0 Å². The van der Waals surface area contributed by atoms with E-state index in [4.69, 9.17) is 0 Å². The quantitative estimate of drug-likeness (QED) is 0.815. The average molecular weight is 357 g/mol. The first-order chi connectivity index (χ1) is 12.6. The Balaban J connectivity index is 1.26. The lowest BCUT2D eigenvalue weighted by Crippen LogP contribution is -2.62. The van der Waals surface area contributed by atoms with E-state index < -0.39 is 0 Å². The van der Waals surface area contributed by atoms with E-state index in [0.29, 0.717) is 6.04 Å². The van der Waals surface area contributed by atoms with Gasteiger partial charge in [0.15, 0.2) is 0 Å². The number of likely N-dealkylation sites (tertiary alicyclic amines) is 1. The molecule has 0 amide bonds. The van der Waals surface area contributed by atoms with Crippen LogP contribution in [0.2, 0.25) is 0 Å². The van der Waals surface area contributed by atoms with E-state index in [1.807, 2.05) is 18.2 Å². The van der Waals surface area contributed by atoms with Gasteiger partial charge in [-0.2, -0.15) is 0 Å². The Labute approximate surface area is 152 Å². The fraction of sp³-hybridized carbons (Fsp3) is 0.474. The standard InChI is InChI=1S/C19H24FN5O/c1-22-17(6-7-21-19(22)26)12-23-13-18(14-23)25-10-8-24(9-11-25)16-4-2-15(20)3-5-16/h2-7,18H,8-14H2,1H3. The maximum absolute atomic E-state index is 13.1. The predicted octanol–water partition coefficient (Wildman–Crippen LogP) is 0.926. The van der Waals surface area contributed by atoms with Crippen molar-refractivity contribution in [1.82, 2.24) is 19.4 Å². The molecule has 0 unspecified atom stereocenters. The number of anilines is 1. The molecule has 0 saturated carbocycles. The Bertz CT molecular complexity index is 807. The molecule has 1 aromatic heterocycles. The highest BCUT2D eigenvalue weighted by atomic mass is 19.1. The number of aromatic nitrogens is 2.